The van der Waals surface area contributed by atoms with Crippen molar-refractivity contribution >= 4 is 47.1 Å². The van der Waals surface area contributed by atoms with Gasteiger partial charge in [0.1, 0.15) is 0 Å². The molecule has 0 atom stereocenters. The number of benzene rings is 1. The van der Waals surface area contributed by atoms with Crippen LogP contribution < -0.4 is 0 Å². The number of aryl methyl sites for hydroxylation is 1. The molecule has 1 N–H and O–H groups in total. The van der Waals surface area contributed by atoms with Gasteiger partial charge in [-0.3, -0.25) is 5.10 Å². The molecule has 0 saturated heterocycles. The van der Waals surface area contributed by atoms with Crippen LogP contribution in [0.4, 0.5) is 0 Å². The fourth-order valence-corrected chi connectivity index (χ4v) is 1.99. The molecule has 1 heterocycles. The molecule has 0 saturated carbocycles. The van der Waals surface area contributed by atoms with Crippen molar-refractivity contribution in [3.8, 4) is 0 Å². The Balaban J connectivity index is 2.55. The van der Waals surface area contributed by atoms with Crippen molar-refractivity contribution in [3.05, 3.63) is 34.9 Å². The van der Waals surface area contributed by atoms with Crippen molar-refractivity contribution in [1.29, 1.82) is 0 Å². The van der Waals surface area contributed by atoms with E-state index in [1.807, 2.05) is 11.5 Å². The first-order valence-electron chi connectivity index (χ1n) is 4.20. The molecule has 2 rings (SSSR count). The van der Waals surface area contributed by atoms with Crippen molar-refractivity contribution in [1.82, 2.24) is 10.2 Å². The number of rotatable bonds is 2. The second-order valence-electron chi connectivity index (χ2n) is 3.05. The summed E-state index contributed by atoms with van der Waals surface area (Å²) in [7, 11) is 1.65. The van der Waals surface area contributed by atoms with E-state index in [0.717, 1.165) is 11.2 Å². The summed E-state index contributed by atoms with van der Waals surface area (Å²) in [5.41, 5.74) is 3.36. The maximum atomic E-state index is 4.25. The van der Waals surface area contributed by atoms with Gasteiger partial charge in [0.05, 0.1) is 11.2 Å². The fraction of sp³-hybridized carbons (Fsp3) is 0.100. The number of nitrogens with one attached hydrogen (secondary N) is 1. The number of hydrogen-bond donors (Lipinski definition) is 1. The zero-order chi connectivity index (χ0) is 9.97. The SMILES string of the molecule is Cc1ccc2[nH]nc(/C=C/SI)c2c1. The smallest absolute Gasteiger partial charge is 0.0932 e. The second-order valence-corrected chi connectivity index (χ2v) is 5.03. The zero-order valence-corrected chi connectivity index (χ0v) is 10.6. The molecule has 0 bridgehead atoms. The van der Waals surface area contributed by atoms with E-state index >= 15 is 0 Å². The number of aromatic nitrogens is 2. The Bertz CT molecular complexity index is 476. The van der Waals surface area contributed by atoms with Gasteiger partial charge in [-0.2, -0.15) is 5.10 Å². The lowest BCUT2D eigenvalue weighted by molar-refractivity contribution is 1.11. The second kappa shape index (κ2) is 4.35. The van der Waals surface area contributed by atoms with E-state index in [0.29, 0.717) is 0 Å². The third-order valence-electron chi connectivity index (χ3n) is 2.03. The van der Waals surface area contributed by atoms with Crippen LogP contribution in [-0.4, -0.2) is 10.2 Å². The van der Waals surface area contributed by atoms with E-state index in [1.54, 1.807) is 8.93 Å². The highest BCUT2D eigenvalue weighted by Crippen LogP contribution is 2.21. The first-order chi connectivity index (χ1) is 6.81. The summed E-state index contributed by atoms with van der Waals surface area (Å²) in [6, 6.07) is 6.30. The predicted molar refractivity (Wildman–Crippen MR) is 71.5 cm³/mol. The third kappa shape index (κ3) is 1.95. The summed E-state index contributed by atoms with van der Waals surface area (Å²) >= 11 is 2.23. The molecule has 1 aromatic carbocycles. The Labute approximate surface area is 98.7 Å². The lowest BCUT2D eigenvalue weighted by Crippen LogP contribution is -1.73. The van der Waals surface area contributed by atoms with E-state index < -0.39 is 0 Å². The van der Waals surface area contributed by atoms with Crippen LogP contribution >= 0.6 is 30.1 Å². The quantitative estimate of drug-likeness (QED) is 0.851. The monoisotopic (exact) mass is 316 g/mol. The first-order valence-corrected chi connectivity index (χ1v) is 7.62. The van der Waals surface area contributed by atoms with Gasteiger partial charge in [-0.15, -0.1) is 0 Å². The van der Waals surface area contributed by atoms with E-state index in [1.165, 1.54) is 10.9 Å². The average molecular weight is 316 g/mol. The highest BCUT2D eigenvalue weighted by molar-refractivity contribution is 14.2. The highest BCUT2D eigenvalue weighted by atomic mass is 127. The minimum absolute atomic E-state index is 1.01. The Morgan fingerprint density at radius 2 is 2.36 bits per heavy atom. The van der Waals surface area contributed by atoms with Crippen LogP contribution in [0.3, 0.4) is 0 Å². The molecule has 0 radical (unpaired) electrons. The summed E-state index contributed by atoms with van der Waals surface area (Å²) in [5, 5.41) is 10.5. The molecule has 0 unspecified atom stereocenters. The molecule has 4 heteroatoms. The number of halogens is 1. The summed E-state index contributed by atoms with van der Waals surface area (Å²) in [5.74, 6) is 0. The van der Waals surface area contributed by atoms with Crippen LogP contribution in [0.1, 0.15) is 11.3 Å². The minimum Gasteiger partial charge on any atom is -0.277 e. The molecule has 0 aliphatic carbocycles. The largest absolute Gasteiger partial charge is 0.277 e. The van der Waals surface area contributed by atoms with Crippen LogP contribution in [0.15, 0.2) is 23.6 Å². The molecule has 0 spiro atoms. The zero-order valence-electron chi connectivity index (χ0n) is 7.62. The molecule has 1 aromatic heterocycles. The van der Waals surface area contributed by atoms with Crippen molar-refractivity contribution in [2.75, 3.05) is 0 Å². The summed E-state index contributed by atoms with van der Waals surface area (Å²) in [4.78, 5) is 0. The summed E-state index contributed by atoms with van der Waals surface area (Å²) in [6.07, 6.45) is 2.02. The molecule has 0 fully saturated rings. The fourth-order valence-electron chi connectivity index (χ4n) is 1.37. The third-order valence-corrected chi connectivity index (χ3v) is 3.14. The van der Waals surface area contributed by atoms with E-state index in [-0.39, 0.29) is 0 Å². The molecule has 2 nitrogen and oxygen atoms in total. The van der Waals surface area contributed by atoms with Crippen LogP contribution in [0, 0.1) is 6.92 Å². The number of H-pyrrole nitrogens is 1. The van der Waals surface area contributed by atoms with Crippen LogP contribution in [0.5, 0.6) is 0 Å². The van der Waals surface area contributed by atoms with Gasteiger partial charge < -0.3 is 0 Å². The van der Waals surface area contributed by atoms with Gasteiger partial charge in [0.15, 0.2) is 0 Å². The molecule has 0 aliphatic rings. The van der Waals surface area contributed by atoms with Gasteiger partial charge in [0, 0.05) is 26.6 Å². The Kier molecular flexibility index (Phi) is 3.12. The number of hydrogen-bond acceptors (Lipinski definition) is 2. The normalized spacial score (nSPS) is 11.6. The average Bonchev–Trinajstić information content (AvgIpc) is 2.57. The van der Waals surface area contributed by atoms with Gasteiger partial charge in [-0.05, 0) is 30.5 Å². The highest BCUT2D eigenvalue weighted by Gasteiger charge is 2.01. The van der Waals surface area contributed by atoms with Crippen LogP contribution in [0.25, 0.3) is 17.0 Å². The molecule has 2 aromatic rings. The van der Waals surface area contributed by atoms with Crippen molar-refractivity contribution < 1.29 is 0 Å². The predicted octanol–water partition coefficient (Wildman–Crippen LogP) is 3.93. The number of nitrogens with zero attached hydrogens (tertiary/aromatic N) is 1. The maximum absolute atomic E-state index is 4.25. The molecule has 0 aliphatic heterocycles. The molecule has 0 amide bonds. The first kappa shape index (κ1) is 10.0. The standard InChI is InChI=1S/C10H9IN2S/c1-7-2-3-9-8(6-7)10(13-12-9)4-5-14-11/h2-6H,1H3,(H,12,13)/b5-4+. The maximum Gasteiger partial charge on any atom is 0.0932 e. The van der Waals surface area contributed by atoms with Gasteiger partial charge in [0.25, 0.3) is 0 Å². The minimum atomic E-state index is 1.01. The molecular weight excluding hydrogens is 307 g/mol. The van der Waals surface area contributed by atoms with Crippen LogP contribution in [0.2, 0.25) is 0 Å². The Morgan fingerprint density at radius 3 is 3.14 bits per heavy atom. The van der Waals surface area contributed by atoms with Gasteiger partial charge in [-0.1, -0.05) is 20.6 Å². The Morgan fingerprint density at radius 1 is 1.50 bits per heavy atom. The molecule has 72 valence electrons. The van der Waals surface area contributed by atoms with E-state index in [2.05, 4.69) is 56.5 Å². The molecular formula is C10H9IN2S. The Hall–Kier alpha value is -0.490. The van der Waals surface area contributed by atoms with Gasteiger partial charge in [0.2, 0.25) is 0 Å². The van der Waals surface area contributed by atoms with Gasteiger partial charge in [-0.25, -0.2) is 0 Å². The van der Waals surface area contributed by atoms with Crippen molar-refractivity contribution in [2.24, 2.45) is 0 Å². The topological polar surface area (TPSA) is 28.7 Å². The lowest BCUT2D eigenvalue weighted by atomic mass is 10.1. The lowest BCUT2D eigenvalue weighted by Gasteiger charge is -1.92. The van der Waals surface area contributed by atoms with E-state index in [9.17, 15) is 0 Å². The molecule has 14 heavy (non-hydrogen) atoms. The van der Waals surface area contributed by atoms with Crippen molar-refractivity contribution in [3.63, 3.8) is 0 Å². The summed E-state index contributed by atoms with van der Waals surface area (Å²) in [6.45, 7) is 2.09. The number of aromatic amines is 1. The van der Waals surface area contributed by atoms with Crippen LogP contribution in [-0.2, 0) is 0 Å². The summed E-state index contributed by atoms with van der Waals surface area (Å²) < 4.78 is 0. The van der Waals surface area contributed by atoms with E-state index in [4.69, 9.17) is 0 Å². The number of fused-ring (bicyclic) bond motifs is 1. The van der Waals surface area contributed by atoms with Gasteiger partial charge >= 0.3 is 0 Å². The van der Waals surface area contributed by atoms with Crippen molar-refractivity contribution in [2.45, 2.75) is 6.92 Å².